The largest absolute Gasteiger partial charge is 0.459 e. The molecule has 1 atom stereocenters. The number of amides is 2. The Morgan fingerprint density at radius 1 is 1.06 bits per heavy atom. The van der Waals surface area contributed by atoms with Crippen molar-refractivity contribution in [2.24, 2.45) is 0 Å². The summed E-state index contributed by atoms with van der Waals surface area (Å²) in [4.78, 5) is 31.1. The van der Waals surface area contributed by atoms with Gasteiger partial charge in [0.05, 0.1) is 18.9 Å². The molecule has 7 heteroatoms. The van der Waals surface area contributed by atoms with Gasteiger partial charge in [-0.05, 0) is 54.5 Å². The summed E-state index contributed by atoms with van der Waals surface area (Å²) in [5.74, 6) is -0.148. The number of carbonyl (C=O) groups excluding carboxylic acids is 2. The number of benzene rings is 1. The zero-order valence-electron chi connectivity index (χ0n) is 18.2. The van der Waals surface area contributed by atoms with Gasteiger partial charge in [-0.3, -0.25) is 9.59 Å². The summed E-state index contributed by atoms with van der Waals surface area (Å²) in [5, 5.41) is 2.04. The molecule has 2 amide bonds. The Bertz CT molecular complexity index is 1010. The Morgan fingerprint density at radius 3 is 2.56 bits per heavy atom. The van der Waals surface area contributed by atoms with Crippen LogP contribution in [0.15, 0.2) is 64.6 Å². The van der Waals surface area contributed by atoms with Gasteiger partial charge in [-0.25, -0.2) is 0 Å². The molecule has 1 aliphatic heterocycles. The quantitative estimate of drug-likeness (QED) is 0.480. The van der Waals surface area contributed by atoms with Gasteiger partial charge in [-0.2, -0.15) is 0 Å². The Labute approximate surface area is 192 Å². The van der Waals surface area contributed by atoms with Gasteiger partial charge in [0.2, 0.25) is 5.91 Å². The number of carbonyl (C=O) groups is 2. The van der Waals surface area contributed by atoms with Gasteiger partial charge in [0.1, 0.15) is 6.54 Å². The molecule has 32 heavy (non-hydrogen) atoms. The van der Waals surface area contributed by atoms with Crippen LogP contribution in [-0.4, -0.2) is 47.4 Å². The van der Waals surface area contributed by atoms with Crippen molar-refractivity contribution in [1.29, 1.82) is 0 Å². The average molecular weight is 453 g/mol. The molecule has 1 aliphatic rings. The van der Waals surface area contributed by atoms with Gasteiger partial charge >= 0.3 is 0 Å². The number of aryl methyl sites for hydroxylation is 1. The van der Waals surface area contributed by atoms with Crippen LogP contribution in [0.4, 0.5) is 0 Å². The van der Waals surface area contributed by atoms with E-state index in [9.17, 15) is 9.59 Å². The molecular formula is C25H28N2O4S. The van der Waals surface area contributed by atoms with Gasteiger partial charge < -0.3 is 19.0 Å². The smallest absolute Gasteiger partial charge is 0.290 e. The summed E-state index contributed by atoms with van der Waals surface area (Å²) in [6.07, 6.45) is 3.28. The highest BCUT2D eigenvalue weighted by atomic mass is 32.1. The van der Waals surface area contributed by atoms with Crippen LogP contribution in [0.3, 0.4) is 0 Å². The van der Waals surface area contributed by atoms with Crippen molar-refractivity contribution in [2.45, 2.75) is 39.0 Å². The van der Waals surface area contributed by atoms with Crippen molar-refractivity contribution in [1.82, 2.24) is 9.80 Å². The predicted octanol–water partition coefficient (Wildman–Crippen LogP) is 4.50. The topological polar surface area (TPSA) is 63.0 Å². The lowest BCUT2D eigenvalue weighted by atomic mass is 10.2. The highest BCUT2D eigenvalue weighted by molar-refractivity contribution is 7.10. The number of furan rings is 1. The molecule has 168 valence electrons. The maximum atomic E-state index is 13.5. The number of ether oxygens (including phenoxy) is 1. The van der Waals surface area contributed by atoms with Crippen LogP contribution < -0.4 is 0 Å². The molecule has 0 radical (unpaired) electrons. The lowest BCUT2D eigenvalue weighted by Crippen LogP contribution is -2.45. The fourth-order valence-electron chi connectivity index (χ4n) is 3.85. The highest BCUT2D eigenvalue weighted by Crippen LogP contribution is 2.21. The van der Waals surface area contributed by atoms with Crippen molar-refractivity contribution < 1.29 is 18.7 Å². The number of thiophene rings is 1. The van der Waals surface area contributed by atoms with Gasteiger partial charge in [0.15, 0.2) is 5.76 Å². The number of rotatable bonds is 9. The maximum Gasteiger partial charge on any atom is 0.290 e. The monoisotopic (exact) mass is 452 g/mol. The average Bonchev–Trinajstić information content (AvgIpc) is 3.57. The van der Waals surface area contributed by atoms with E-state index in [1.54, 1.807) is 28.4 Å². The van der Waals surface area contributed by atoms with E-state index in [1.807, 2.05) is 40.6 Å². The van der Waals surface area contributed by atoms with Crippen molar-refractivity contribution in [2.75, 3.05) is 19.7 Å². The zero-order chi connectivity index (χ0) is 22.3. The van der Waals surface area contributed by atoms with E-state index in [4.69, 9.17) is 9.15 Å². The first kappa shape index (κ1) is 22.3. The third-order valence-electron chi connectivity index (χ3n) is 5.66. The molecule has 0 bridgehead atoms. The SMILES string of the molecule is Cc1ccsc1CN(Cc1ccccc1)C(=O)CN(CC1CCCO1)C(=O)c1ccco1. The first-order valence-corrected chi connectivity index (χ1v) is 11.8. The van der Waals surface area contributed by atoms with E-state index in [1.165, 1.54) is 11.8 Å². The highest BCUT2D eigenvalue weighted by Gasteiger charge is 2.28. The first-order valence-electron chi connectivity index (χ1n) is 10.9. The minimum Gasteiger partial charge on any atom is -0.459 e. The second kappa shape index (κ2) is 10.6. The molecule has 0 aliphatic carbocycles. The Hall–Kier alpha value is -2.90. The molecule has 6 nitrogen and oxygen atoms in total. The molecule has 3 heterocycles. The van der Waals surface area contributed by atoms with E-state index in [0.717, 1.165) is 23.3 Å². The fraction of sp³-hybridized carbons (Fsp3) is 0.360. The van der Waals surface area contributed by atoms with Crippen LogP contribution in [0.2, 0.25) is 0 Å². The van der Waals surface area contributed by atoms with Gasteiger partial charge in [-0.15, -0.1) is 11.3 Å². The number of hydrogen-bond donors (Lipinski definition) is 0. The van der Waals surface area contributed by atoms with Crippen molar-refractivity contribution in [3.8, 4) is 0 Å². The van der Waals surface area contributed by atoms with Crippen molar-refractivity contribution in [3.05, 3.63) is 81.9 Å². The second-order valence-corrected chi connectivity index (χ2v) is 9.06. The normalized spacial score (nSPS) is 15.6. The van der Waals surface area contributed by atoms with Crippen molar-refractivity contribution >= 4 is 23.2 Å². The molecule has 1 fully saturated rings. The molecular weight excluding hydrogens is 424 g/mol. The van der Waals surface area contributed by atoms with Crippen LogP contribution in [0.1, 0.15) is 39.4 Å². The van der Waals surface area contributed by atoms with Crippen LogP contribution >= 0.6 is 11.3 Å². The first-order chi connectivity index (χ1) is 15.6. The van der Waals surface area contributed by atoms with Gasteiger partial charge in [0.25, 0.3) is 5.91 Å². The summed E-state index contributed by atoms with van der Waals surface area (Å²) in [6.45, 7) is 4.11. The summed E-state index contributed by atoms with van der Waals surface area (Å²) in [7, 11) is 0. The third kappa shape index (κ3) is 5.66. The van der Waals surface area contributed by atoms with Gasteiger partial charge in [-0.1, -0.05) is 30.3 Å². The lowest BCUT2D eigenvalue weighted by molar-refractivity contribution is -0.133. The molecule has 4 rings (SSSR count). The fourth-order valence-corrected chi connectivity index (χ4v) is 4.77. The minimum absolute atomic E-state index is 0.0172. The summed E-state index contributed by atoms with van der Waals surface area (Å²) < 4.78 is 11.1. The number of hydrogen-bond acceptors (Lipinski definition) is 5. The van der Waals surface area contributed by atoms with E-state index in [0.29, 0.717) is 26.2 Å². The van der Waals surface area contributed by atoms with E-state index in [2.05, 4.69) is 13.0 Å². The van der Waals surface area contributed by atoms with Crippen LogP contribution in [-0.2, 0) is 22.6 Å². The summed E-state index contributed by atoms with van der Waals surface area (Å²) in [5.41, 5.74) is 2.22. The zero-order valence-corrected chi connectivity index (χ0v) is 19.1. The second-order valence-electron chi connectivity index (χ2n) is 8.06. The third-order valence-corrected chi connectivity index (χ3v) is 6.67. The van der Waals surface area contributed by atoms with E-state index < -0.39 is 0 Å². The molecule has 1 saturated heterocycles. The standard InChI is InChI=1S/C25H28N2O4S/c1-19-11-14-32-23(19)17-26(15-20-7-3-2-4-8-20)24(28)18-27(16-21-9-5-12-30-21)25(29)22-10-6-13-31-22/h2-4,6-8,10-11,13-14,21H,5,9,12,15-18H2,1H3. The van der Waals surface area contributed by atoms with E-state index >= 15 is 0 Å². The lowest BCUT2D eigenvalue weighted by Gasteiger charge is -2.28. The number of nitrogens with zero attached hydrogens (tertiary/aromatic N) is 2. The van der Waals surface area contributed by atoms with Crippen LogP contribution in [0.5, 0.6) is 0 Å². The van der Waals surface area contributed by atoms with E-state index in [-0.39, 0.29) is 30.2 Å². The molecule has 0 saturated carbocycles. The summed E-state index contributed by atoms with van der Waals surface area (Å²) >= 11 is 1.65. The molecule has 0 N–H and O–H groups in total. The van der Waals surface area contributed by atoms with Crippen molar-refractivity contribution in [3.63, 3.8) is 0 Å². The van der Waals surface area contributed by atoms with Crippen LogP contribution in [0, 0.1) is 6.92 Å². The molecule has 1 aromatic carbocycles. The Morgan fingerprint density at radius 2 is 1.91 bits per heavy atom. The Kier molecular flexibility index (Phi) is 7.39. The molecule has 3 aromatic rings. The van der Waals surface area contributed by atoms with Crippen LogP contribution in [0.25, 0.3) is 0 Å². The summed E-state index contributed by atoms with van der Waals surface area (Å²) in [6, 6.07) is 15.3. The molecule has 0 spiro atoms. The molecule has 1 unspecified atom stereocenters. The molecule has 2 aromatic heterocycles. The van der Waals surface area contributed by atoms with Gasteiger partial charge in [0, 0.05) is 24.6 Å². The minimum atomic E-state index is -0.286. The predicted molar refractivity (Wildman–Crippen MR) is 123 cm³/mol. The Balaban J connectivity index is 1.53. The maximum absolute atomic E-state index is 13.5.